The second-order valence-electron chi connectivity index (χ2n) is 9.94. The van der Waals surface area contributed by atoms with Gasteiger partial charge in [-0.3, -0.25) is 0 Å². The largest absolute Gasteiger partial charge is 0.504 e. The van der Waals surface area contributed by atoms with E-state index in [2.05, 4.69) is 20.8 Å². The van der Waals surface area contributed by atoms with E-state index in [1.807, 2.05) is 6.92 Å². The number of aliphatic hydroxyl groups is 1. The molecule has 0 bridgehead atoms. The Labute approximate surface area is 172 Å². The Hall–Kier alpha value is -1.79. The predicted octanol–water partition coefficient (Wildman–Crippen LogP) is 3.54. The molecule has 3 aliphatic rings. The van der Waals surface area contributed by atoms with E-state index < -0.39 is 17.7 Å². The second-order valence-corrected chi connectivity index (χ2v) is 9.94. The first-order valence-electron chi connectivity index (χ1n) is 10.5. The van der Waals surface area contributed by atoms with Crippen LogP contribution in [0.1, 0.15) is 57.3 Å². The lowest BCUT2D eigenvalue weighted by Gasteiger charge is -2.36. The Morgan fingerprint density at radius 1 is 1.21 bits per heavy atom. The SMILES string of the molecule is COc1ccc(C(=O)OC2CC(C)(O)CC3C(CC4(C)OC34)C2C(C)C)cc1O. The smallest absolute Gasteiger partial charge is 0.338 e. The number of fused-ring (bicyclic) bond motifs is 3. The zero-order valence-corrected chi connectivity index (χ0v) is 17.8. The second kappa shape index (κ2) is 6.88. The van der Waals surface area contributed by atoms with Gasteiger partial charge in [-0.1, -0.05) is 13.8 Å². The Morgan fingerprint density at radius 3 is 2.55 bits per heavy atom. The molecule has 1 aromatic rings. The Morgan fingerprint density at radius 2 is 1.93 bits per heavy atom. The molecule has 1 heterocycles. The number of ether oxygens (including phenoxy) is 3. The molecule has 0 spiro atoms. The van der Waals surface area contributed by atoms with E-state index in [1.165, 1.54) is 13.2 Å². The van der Waals surface area contributed by atoms with Gasteiger partial charge in [-0.05, 0) is 62.6 Å². The van der Waals surface area contributed by atoms with Crippen molar-refractivity contribution in [2.45, 2.75) is 70.4 Å². The van der Waals surface area contributed by atoms with Gasteiger partial charge >= 0.3 is 5.97 Å². The molecule has 0 radical (unpaired) electrons. The lowest BCUT2D eigenvalue weighted by atomic mass is 9.74. The molecule has 1 aromatic carbocycles. The molecule has 2 N–H and O–H groups in total. The molecule has 0 amide bonds. The van der Waals surface area contributed by atoms with Crippen LogP contribution in [0.2, 0.25) is 0 Å². The molecule has 7 unspecified atom stereocenters. The van der Waals surface area contributed by atoms with Crippen LogP contribution in [0.25, 0.3) is 0 Å². The minimum atomic E-state index is -0.920. The van der Waals surface area contributed by atoms with E-state index in [9.17, 15) is 15.0 Å². The molecule has 0 aromatic heterocycles. The van der Waals surface area contributed by atoms with Crippen LogP contribution in [-0.4, -0.2) is 46.7 Å². The molecule has 3 fully saturated rings. The van der Waals surface area contributed by atoms with Crippen LogP contribution in [0.15, 0.2) is 18.2 Å². The van der Waals surface area contributed by atoms with Crippen molar-refractivity contribution in [1.82, 2.24) is 0 Å². The average molecular weight is 405 g/mol. The van der Waals surface area contributed by atoms with Gasteiger partial charge in [-0.2, -0.15) is 0 Å². The zero-order chi connectivity index (χ0) is 21.1. The van der Waals surface area contributed by atoms with Crippen molar-refractivity contribution in [3.05, 3.63) is 23.8 Å². The number of epoxide rings is 1. The molecule has 2 aliphatic carbocycles. The number of hydrogen-bond acceptors (Lipinski definition) is 6. The highest BCUT2D eigenvalue weighted by molar-refractivity contribution is 5.90. The maximum absolute atomic E-state index is 12.9. The van der Waals surface area contributed by atoms with Gasteiger partial charge in [0.05, 0.1) is 30.0 Å². The number of rotatable bonds is 4. The van der Waals surface area contributed by atoms with Crippen LogP contribution in [0.3, 0.4) is 0 Å². The van der Waals surface area contributed by atoms with Gasteiger partial charge in [0, 0.05) is 12.3 Å². The fourth-order valence-corrected chi connectivity index (χ4v) is 5.99. The van der Waals surface area contributed by atoms with Gasteiger partial charge in [0.2, 0.25) is 0 Å². The monoisotopic (exact) mass is 404 g/mol. The minimum absolute atomic E-state index is 0.0910. The number of hydrogen-bond donors (Lipinski definition) is 2. The first-order valence-corrected chi connectivity index (χ1v) is 10.5. The van der Waals surface area contributed by atoms with Gasteiger partial charge in [-0.15, -0.1) is 0 Å². The normalized spacial score (nSPS) is 40.7. The lowest BCUT2D eigenvalue weighted by molar-refractivity contribution is -0.0394. The zero-order valence-electron chi connectivity index (χ0n) is 17.8. The number of benzene rings is 1. The fourth-order valence-electron chi connectivity index (χ4n) is 5.99. The Balaban J connectivity index is 1.60. The van der Waals surface area contributed by atoms with Gasteiger partial charge < -0.3 is 24.4 Å². The van der Waals surface area contributed by atoms with Crippen LogP contribution < -0.4 is 4.74 Å². The quantitative estimate of drug-likeness (QED) is 0.589. The fraction of sp³-hybridized carbons (Fsp3) is 0.696. The molecule has 29 heavy (non-hydrogen) atoms. The average Bonchev–Trinajstić information content (AvgIpc) is 3.23. The maximum Gasteiger partial charge on any atom is 0.338 e. The molecule has 160 valence electrons. The summed E-state index contributed by atoms with van der Waals surface area (Å²) >= 11 is 0. The van der Waals surface area contributed by atoms with Crippen molar-refractivity contribution >= 4 is 5.97 Å². The molecule has 1 aliphatic heterocycles. The van der Waals surface area contributed by atoms with Crippen molar-refractivity contribution in [2.24, 2.45) is 23.7 Å². The summed E-state index contributed by atoms with van der Waals surface area (Å²) in [5, 5.41) is 21.1. The van der Waals surface area contributed by atoms with E-state index >= 15 is 0 Å². The number of phenolic OH excluding ortho intramolecular Hbond substituents is 1. The van der Waals surface area contributed by atoms with E-state index in [-0.39, 0.29) is 34.9 Å². The predicted molar refractivity (Wildman–Crippen MR) is 107 cm³/mol. The van der Waals surface area contributed by atoms with E-state index in [4.69, 9.17) is 14.2 Å². The Bertz CT molecular complexity index is 803. The van der Waals surface area contributed by atoms with Gasteiger partial charge in [0.1, 0.15) is 6.10 Å². The van der Waals surface area contributed by atoms with Crippen molar-refractivity contribution < 1.29 is 29.2 Å². The van der Waals surface area contributed by atoms with Crippen LogP contribution in [-0.2, 0) is 9.47 Å². The minimum Gasteiger partial charge on any atom is -0.504 e. The summed E-state index contributed by atoms with van der Waals surface area (Å²) in [6, 6.07) is 4.50. The summed E-state index contributed by atoms with van der Waals surface area (Å²) in [4.78, 5) is 12.9. The third-order valence-electron chi connectivity index (χ3n) is 7.20. The summed E-state index contributed by atoms with van der Waals surface area (Å²) in [6.07, 6.45) is 1.82. The van der Waals surface area contributed by atoms with Crippen LogP contribution in [0, 0.1) is 23.7 Å². The standard InChI is InChI=1S/C23H32O6/c1-12(2)19-14-10-23(4)20(29-23)15(14)9-22(3,26)11-18(19)28-21(25)13-6-7-17(27-5)16(24)8-13/h6-8,12,14-15,18-20,24,26H,9-11H2,1-5H3. The van der Waals surface area contributed by atoms with Crippen molar-refractivity contribution in [3.8, 4) is 11.5 Å². The van der Waals surface area contributed by atoms with Crippen LogP contribution >= 0.6 is 0 Å². The molecule has 7 atom stereocenters. The highest BCUT2D eigenvalue weighted by Gasteiger charge is 2.68. The van der Waals surface area contributed by atoms with Gasteiger partial charge in [-0.25, -0.2) is 4.79 Å². The van der Waals surface area contributed by atoms with Gasteiger partial charge in [0.15, 0.2) is 11.5 Å². The van der Waals surface area contributed by atoms with E-state index in [1.54, 1.807) is 12.1 Å². The first-order chi connectivity index (χ1) is 13.5. The first kappa shape index (κ1) is 20.5. The Kier molecular flexibility index (Phi) is 4.86. The summed E-state index contributed by atoms with van der Waals surface area (Å²) in [7, 11) is 1.46. The molecule has 4 rings (SSSR count). The third-order valence-corrected chi connectivity index (χ3v) is 7.20. The summed E-state index contributed by atoms with van der Waals surface area (Å²) < 4.78 is 17.0. The molecular weight excluding hydrogens is 372 g/mol. The van der Waals surface area contributed by atoms with E-state index in [0.717, 1.165) is 6.42 Å². The summed E-state index contributed by atoms with van der Waals surface area (Å²) in [6.45, 7) is 8.31. The molecule has 1 saturated heterocycles. The third kappa shape index (κ3) is 3.61. The number of carbonyl (C=O) groups is 1. The topological polar surface area (TPSA) is 88.5 Å². The molecular formula is C23H32O6. The number of aromatic hydroxyl groups is 1. The molecule has 6 nitrogen and oxygen atoms in total. The van der Waals surface area contributed by atoms with Crippen molar-refractivity contribution in [2.75, 3.05) is 7.11 Å². The number of esters is 1. The van der Waals surface area contributed by atoms with Crippen molar-refractivity contribution in [3.63, 3.8) is 0 Å². The van der Waals surface area contributed by atoms with E-state index in [0.29, 0.717) is 30.4 Å². The maximum atomic E-state index is 12.9. The number of methoxy groups -OCH3 is 1. The summed E-state index contributed by atoms with van der Waals surface area (Å²) in [5.41, 5.74) is -0.737. The molecule has 2 saturated carbocycles. The highest BCUT2D eigenvalue weighted by atomic mass is 16.6. The lowest BCUT2D eigenvalue weighted by Crippen LogP contribution is -2.38. The number of carbonyl (C=O) groups excluding carboxylic acids is 1. The van der Waals surface area contributed by atoms with Gasteiger partial charge in [0.25, 0.3) is 0 Å². The van der Waals surface area contributed by atoms with Crippen molar-refractivity contribution in [1.29, 1.82) is 0 Å². The number of phenols is 1. The summed E-state index contributed by atoms with van der Waals surface area (Å²) in [5.74, 6) is 0.818. The highest BCUT2D eigenvalue weighted by Crippen LogP contribution is 2.62. The van der Waals surface area contributed by atoms with Crippen LogP contribution in [0.5, 0.6) is 11.5 Å². The molecule has 6 heteroatoms. The van der Waals surface area contributed by atoms with Crippen LogP contribution in [0.4, 0.5) is 0 Å².